The maximum Gasteiger partial charge on any atom is 0.407 e. The highest BCUT2D eigenvalue weighted by atomic mass is 16.6. The predicted molar refractivity (Wildman–Crippen MR) is 59.9 cm³/mol. The molecule has 0 spiro atoms. The molecule has 1 aliphatic heterocycles. The molecule has 0 unspecified atom stereocenters. The number of carbonyl (C=O) groups excluding carboxylic acids is 1. The summed E-state index contributed by atoms with van der Waals surface area (Å²) in [6.45, 7) is 7.78. The van der Waals surface area contributed by atoms with Gasteiger partial charge in [0, 0.05) is 12.1 Å². The van der Waals surface area contributed by atoms with Gasteiger partial charge in [-0.15, -0.1) is 0 Å². The van der Waals surface area contributed by atoms with Crippen LogP contribution in [0.4, 0.5) is 4.79 Å². The molecule has 1 aliphatic rings. The molecule has 4 nitrogen and oxygen atoms in total. The quantitative estimate of drug-likeness (QED) is 0.721. The van der Waals surface area contributed by atoms with Crippen LogP contribution >= 0.6 is 0 Å². The molecule has 1 atom stereocenters. The summed E-state index contributed by atoms with van der Waals surface area (Å²) in [5.74, 6) is 0. The molecule has 1 N–H and O–H groups in total. The number of alkyl carbamates (subject to hydrolysis) is 1. The number of carbonyl (C=O) groups is 1. The van der Waals surface area contributed by atoms with E-state index in [-0.39, 0.29) is 17.7 Å². The van der Waals surface area contributed by atoms with E-state index in [4.69, 9.17) is 4.74 Å². The topological polar surface area (TPSA) is 41.6 Å². The largest absolute Gasteiger partial charge is 0.445 e. The van der Waals surface area contributed by atoms with Crippen LogP contribution in [-0.2, 0) is 4.74 Å². The maximum absolute atomic E-state index is 11.5. The molecule has 0 saturated carbocycles. The lowest BCUT2D eigenvalue weighted by Gasteiger charge is -2.30. The summed E-state index contributed by atoms with van der Waals surface area (Å²) in [5, 5.41) is 2.80. The van der Waals surface area contributed by atoms with Crippen LogP contribution in [0.5, 0.6) is 0 Å². The summed E-state index contributed by atoms with van der Waals surface area (Å²) in [7, 11) is 2.05. The SMILES string of the molecule is CN1CCC[C@H](OC(=O)NC(C)(C)C)C1. The van der Waals surface area contributed by atoms with Crippen molar-refractivity contribution in [1.29, 1.82) is 0 Å². The van der Waals surface area contributed by atoms with Crippen LogP contribution in [0, 0.1) is 0 Å². The van der Waals surface area contributed by atoms with Crippen molar-refractivity contribution >= 4 is 6.09 Å². The van der Waals surface area contributed by atoms with Crippen molar-refractivity contribution in [1.82, 2.24) is 10.2 Å². The number of ether oxygens (including phenoxy) is 1. The molecule has 1 saturated heterocycles. The first kappa shape index (κ1) is 12.3. The van der Waals surface area contributed by atoms with Gasteiger partial charge in [-0.1, -0.05) is 0 Å². The lowest BCUT2D eigenvalue weighted by atomic mass is 10.1. The molecule has 0 aliphatic carbocycles. The number of hydrogen-bond donors (Lipinski definition) is 1. The molecule has 0 radical (unpaired) electrons. The number of likely N-dealkylation sites (N-methyl/N-ethyl adjacent to an activating group) is 1. The van der Waals surface area contributed by atoms with Crippen LogP contribution in [0.2, 0.25) is 0 Å². The number of rotatable bonds is 1. The van der Waals surface area contributed by atoms with Gasteiger partial charge in [0.05, 0.1) is 0 Å². The van der Waals surface area contributed by atoms with Crippen molar-refractivity contribution in [2.45, 2.75) is 45.3 Å². The van der Waals surface area contributed by atoms with Crippen LogP contribution in [0.3, 0.4) is 0 Å². The van der Waals surface area contributed by atoms with Gasteiger partial charge >= 0.3 is 6.09 Å². The van der Waals surface area contributed by atoms with Gasteiger partial charge in [-0.25, -0.2) is 4.79 Å². The van der Waals surface area contributed by atoms with E-state index in [1.165, 1.54) is 0 Å². The summed E-state index contributed by atoms with van der Waals surface area (Å²) in [5.41, 5.74) is -0.225. The van der Waals surface area contributed by atoms with Gasteiger partial charge in [-0.2, -0.15) is 0 Å². The van der Waals surface area contributed by atoms with Gasteiger partial charge in [-0.05, 0) is 47.2 Å². The molecular formula is C11H22N2O2. The fourth-order valence-electron chi connectivity index (χ4n) is 1.70. The molecule has 1 rings (SSSR count). The van der Waals surface area contributed by atoms with E-state index in [9.17, 15) is 4.79 Å². The fraction of sp³-hybridized carbons (Fsp3) is 0.909. The van der Waals surface area contributed by atoms with Crippen LogP contribution in [0.15, 0.2) is 0 Å². The first-order valence-electron chi connectivity index (χ1n) is 5.54. The standard InChI is InChI=1S/C11H22N2O2/c1-11(2,3)12-10(14)15-9-6-5-7-13(4)8-9/h9H,5-8H2,1-4H3,(H,12,14)/t9-/m0/s1. The van der Waals surface area contributed by atoms with Gasteiger partial charge < -0.3 is 15.0 Å². The van der Waals surface area contributed by atoms with Gasteiger partial charge in [0.15, 0.2) is 0 Å². The molecule has 1 heterocycles. The third-order valence-electron chi connectivity index (χ3n) is 2.33. The first-order chi connectivity index (χ1) is 6.87. The number of piperidine rings is 1. The van der Waals surface area contributed by atoms with Gasteiger partial charge in [0.1, 0.15) is 6.10 Å². The Kier molecular flexibility index (Phi) is 3.97. The van der Waals surface area contributed by atoms with Crippen molar-refractivity contribution in [3.8, 4) is 0 Å². The number of hydrogen-bond acceptors (Lipinski definition) is 3. The van der Waals surface area contributed by atoms with E-state index < -0.39 is 0 Å². The minimum atomic E-state index is -0.303. The lowest BCUT2D eigenvalue weighted by molar-refractivity contribution is 0.0471. The number of nitrogens with zero attached hydrogens (tertiary/aromatic N) is 1. The third-order valence-corrected chi connectivity index (χ3v) is 2.33. The molecule has 88 valence electrons. The Morgan fingerprint density at radius 1 is 1.47 bits per heavy atom. The van der Waals surface area contributed by atoms with Gasteiger partial charge in [0.25, 0.3) is 0 Å². The minimum absolute atomic E-state index is 0.0473. The maximum atomic E-state index is 11.5. The predicted octanol–water partition coefficient (Wildman–Crippen LogP) is 1.61. The first-order valence-corrected chi connectivity index (χ1v) is 5.54. The molecule has 4 heteroatoms. The summed E-state index contributed by atoms with van der Waals surface area (Å²) in [6.07, 6.45) is 1.82. The van der Waals surface area contributed by atoms with E-state index in [2.05, 4.69) is 17.3 Å². The summed E-state index contributed by atoms with van der Waals surface area (Å²) in [4.78, 5) is 13.7. The van der Waals surface area contributed by atoms with Gasteiger partial charge in [0.2, 0.25) is 0 Å². The zero-order valence-electron chi connectivity index (χ0n) is 10.2. The third kappa shape index (κ3) is 5.02. The summed E-state index contributed by atoms with van der Waals surface area (Å²) in [6, 6.07) is 0. The molecule has 1 fully saturated rings. The second-order valence-corrected chi connectivity index (χ2v) is 5.31. The second kappa shape index (κ2) is 4.84. The number of nitrogens with one attached hydrogen (secondary N) is 1. The molecule has 0 aromatic carbocycles. The molecule has 0 bridgehead atoms. The Bertz CT molecular complexity index is 223. The van der Waals surface area contributed by atoms with E-state index in [0.29, 0.717) is 0 Å². The van der Waals surface area contributed by atoms with Gasteiger partial charge in [-0.3, -0.25) is 0 Å². The Hall–Kier alpha value is -0.770. The Labute approximate surface area is 92.0 Å². The Morgan fingerprint density at radius 3 is 2.67 bits per heavy atom. The second-order valence-electron chi connectivity index (χ2n) is 5.31. The Balaban J connectivity index is 2.31. The van der Waals surface area contributed by atoms with E-state index >= 15 is 0 Å². The molecule has 1 amide bonds. The van der Waals surface area contributed by atoms with Crippen molar-refractivity contribution < 1.29 is 9.53 Å². The Morgan fingerprint density at radius 2 is 2.13 bits per heavy atom. The van der Waals surface area contributed by atoms with E-state index in [1.54, 1.807) is 0 Å². The average molecular weight is 214 g/mol. The highest BCUT2D eigenvalue weighted by Crippen LogP contribution is 2.12. The highest BCUT2D eigenvalue weighted by Gasteiger charge is 2.22. The summed E-state index contributed by atoms with van der Waals surface area (Å²) >= 11 is 0. The van der Waals surface area contributed by atoms with Crippen molar-refractivity contribution in [2.75, 3.05) is 20.1 Å². The van der Waals surface area contributed by atoms with Crippen molar-refractivity contribution in [3.05, 3.63) is 0 Å². The van der Waals surface area contributed by atoms with Crippen LogP contribution < -0.4 is 5.32 Å². The van der Waals surface area contributed by atoms with E-state index in [1.807, 2.05) is 20.8 Å². The van der Waals surface area contributed by atoms with Crippen LogP contribution in [0.25, 0.3) is 0 Å². The van der Waals surface area contributed by atoms with Crippen molar-refractivity contribution in [2.24, 2.45) is 0 Å². The van der Waals surface area contributed by atoms with Crippen LogP contribution in [0.1, 0.15) is 33.6 Å². The zero-order chi connectivity index (χ0) is 11.5. The van der Waals surface area contributed by atoms with Crippen LogP contribution in [-0.4, -0.2) is 42.8 Å². The molecule has 15 heavy (non-hydrogen) atoms. The van der Waals surface area contributed by atoms with Crippen molar-refractivity contribution in [3.63, 3.8) is 0 Å². The average Bonchev–Trinajstić information content (AvgIpc) is 1.99. The molecular weight excluding hydrogens is 192 g/mol. The highest BCUT2D eigenvalue weighted by molar-refractivity contribution is 5.68. The summed E-state index contributed by atoms with van der Waals surface area (Å²) < 4.78 is 5.35. The lowest BCUT2D eigenvalue weighted by Crippen LogP contribution is -2.45. The minimum Gasteiger partial charge on any atom is -0.445 e. The number of amides is 1. The monoisotopic (exact) mass is 214 g/mol. The zero-order valence-corrected chi connectivity index (χ0v) is 10.2. The fourth-order valence-corrected chi connectivity index (χ4v) is 1.70. The normalized spacial score (nSPS) is 23.6. The smallest absolute Gasteiger partial charge is 0.407 e. The van der Waals surface area contributed by atoms with E-state index in [0.717, 1.165) is 25.9 Å². The molecule has 0 aromatic rings. The molecule has 0 aromatic heterocycles. The number of likely N-dealkylation sites (tertiary alicyclic amines) is 1.